The van der Waals surface area contributed by atoms with E-state index in [1.165, 1.54) is 24.3 Å². The number of esters is 1. The number of fused-ring (bicyclic) bond motifs is 1. The highest BCUT2D eigenvalue weighted by atomic mass is 19.4. The fraction of sp³-hybridized carbons (Fsp3) is 0.235. The van der Waals surface area contributed by atoms with Gasteiger partial charge in [0.15, 0.2) is 0 Å². The number of aromatic nitrogens is 2. The summed E-state index contributed by atoms with van der Waals surface area (Å²) in [5.74, 6) is -0.765. The maximum Gasteiger partial charge on any atom is 0.416 e. The lowest BCUT2D eigenvalue weighted by Gasteiger charge is -2.13. The van der Waals surface area contributed by atoms with Gasteiger partial charge in [-0.2, -0.15) is 13.2 Å². The molecule has 0 atom stereocenters. The summed E-state index contributed by atoms with van der Waals surface area (Å²) in [5, 5.41) is 4.14. The Bertz CT molecular complexity index is 948. The van der Waals surface area contributed by atoms with E-state index in [-0.39, 0.29) is 16.8 Å². The first kappa shape index (κ1) is 16.9. The van der Waals surface area contributed by atoms with Crippen LogP contribution >= 0.6 is 0 Å². The highest BCUT2D eigenvalue weighted by Crippen LogP contribution is 2.32. The van der Waals surface area contributed by atoms with Gasteiger partial charge in [-0.05, 0) is 26.0 Å². The van der Waals surface area contributed by atoms with Gasteiger partial charge in [0.25, 0.3) is 5.71 Å². The molecule has 3 aromatic rings. The summed E-state index contributed by atoms with van der Waals surface area (Å²) in [6.45, 7) is 2.80. The second-order valence-corrected chi connectivity index (χ2v) is 5.49. The van der Waals surface area contributed by atoms with Crippen molar-refractivity contribution >= 4 is 17.1 Å². The molecule has 2 heterocycles. The van der Waals surface area contributed by atoms with Crippen molar-refractivity contribution in [3.63, 3.8) is 0 Å². The van der Waals surface area contributed by atoms with Crippen LogP contribution in [0.15, 0.2) is 34.9 Å². The lowest BCUT2D eigenvalue weighted by Crippen LogP contribution is -2.12. The molecule has 0 aliphatic heterocycles. The van der Waals surface area contributed by atoms with Crippen molar-refractivity contribution in [1.82, 2.24) is 10.1 Å². The molecule has 0 unspecified atom stereocenters. The Morgan fingerprint density at radius 2 is 1.96 bits per heavy atom. The van der Waals surface area contributed by atoms with Gasteiger partial charge in [-0.3, -0.25) is 0 Å². The molecule has 0 amide bonds. The molecule has 2 aromatic heterocycles. The average Bonchev–Trinajstić information content (AvgIpc) is 2.92. The first-order valence-electron chi connectivity index (χ1n) is 7.33. The number of halogens is 3. The van der Waals surface area contributed by atoms with Crippen LogP contribution in [0.5, 0.6) is 0 Å². The van der Waals surface area contributed by atoms with Crippen LogP contribution < -0.4 is 0 Å². The van der Waals surface area contributed by atoms with Gasteiger partial charge in [0.1, 0.15) is 6.61 Å². The molecule has 1 aromatic carbocycles. The van der Waals surface area contributed by atoms with E-state index < -0.39 is 24.3 Å². The maximum absolute atomic E-state index is 13.0. The molecule has 0 spiro atoms. The van der Waals surface area contributed by atoms with Crippen LogP contribution in [0.25, 0.3) is 11.1 Å². The number of nitrogens with zero attached hydrogens (tertiary/aromatic N) is 2. The molecule has 0 saturated carbocycles. The first-order valence-corrected chi connectivity index (χ1v) is 7.33. The number of hydrogen-bond donors (Lipinski definition) is 0. The zero-order valence-electron chi connectivity index (χ0n) is 13.3. The average molecular weight is 350 g/mol. The van der Waals surface area contributed by atoms with E-state index in [9.17, 15) is 18.0 Å². The van der Waals surface area contributed by atoms with Crippen LogP contribution in [0.1, 0.15) is 32.9 Å². The summed E-state index contributed by atoms with van der Waals surface area (Å²) < 4.78 is 49.1. The number of carbonyl (C=O) groups is 1. The molecule has 3 rings (SSSR count). The first-order chi connectivity index (χ1) is 11.8. The molecule has 0 saturated heterocycles. The molecule has 8 heteroatoms. The predicted molar refractivity (Wildman–Crippen MR) is 81.8 cm³/mol. The van der Waals surface area contributed by atoms with Gasteiger partial charge in [-0.15, -0.1) is 0 Å². The molecule has 0 bridgehead atoms. The van der Waals surface area contributed by atoms with Crippen LogP contribution in [-0.2, 0) is 17.5 Å². The van der Waals surface area contributed by atoms with Crippen LogP contribution in [0.2, 0.25) is 0 Å². The number of ether oxygens (including phenoxy) is 1. The molecule has 0 aliphatic carbocycles. The molecule has 25 heavy (non-hydrogen) atoms. The Hall–Kier alpha value is -2.90. The summed E-state index contributed by atoms with van der Waals surface area (Å²) in [6, 6.07) is 6.45. The Balaban J connectivity index is 1.89. The van der Waals surface area contributed by atoms with E-state index in [0.29, 0.717) is 16.8 Å². The number of rotatable bonds is 3. The van der Waals surface area contributed by atoms with E-state index in [0.717, 1.165) is 6.07 Å². The largest absolute Gasteiger partial charge is 0.457 e. The smallest absolute Gasteiger partial charge is 0.416 e. The number of benzene rings is 1. The van der Waals surface area contributed by atoms with E-state index in [1.54, 1.807) is 13.8 Å². The Morgan fingerprint density at radius 1 is 1.24 bits per heavy atom. The van der Waals surface area contributed by atoms with Crippen LogP contribution in [-0.4, -0.2) is 16.1 Å². The van der Waals surface area contributed by atoms with Crippen molar-refractivity contribution in [2.75, 3.05) is 0 Å². The number of aryl methyl sites for hydroxylation is 2. The highest BCUT2D eigenvalue weighted by molar-refractivity contribution is 6.03. The molecule has 130 valence electrons. The lowest BCUT2D eigenvalue weighted by molar-refractivity contribution is -0.138. The Morgan fingerprint density at radius 3 is 2.68 bits per heavy atom. The fourth-order valence-corrected chi connectivity index (χ4v) is 2.52. The van der Waals surface area contributed by atoms with Crippen molar-refractivity contribution in [3.8, 4) is 0 Å². The third-order valence-electron chi connectivity index (χ3n) is 3.65. The monoisotopic (exact) mass is 350 g/mol. The van der Waals surface area contributed by atoms with E-state index in [1.807, 2.05) is 0 Å². The van der Waals surface area contributed by atoms with Crippen molar-refractivity contribution in [2.24, 2.45) is 0 Å². The van der Waals surface area contributed by atoms with E-state index in [2.05, 4.69) is 10.1 Å². The molecule has 0 fully saturated rings. The molecule has 0 aliphatic rings. The van der Waals surface area contributed by atoms with Crippen LogP contribution in [0.3, 0.4) is 0 Å². The van der Waals surface area contributed by atoms with Crippen molar-refractivity contribution in [3.05, 3.63) is 58.4 Å². The van der Waals surface area contributed by atoms with Gasteiger partial charge in [0, 0.05) is 11.3 Å². The summed E-state index contributed by atoms with van der Waals surface area (Å²) in [6.07, 6.45) is -4.52. The number of hydrogen-bond acceptors (Lipinski definition) is 5. The number of carbonyl (C=O) groups excluding carboxylic acids is 1. The molecule has 0 radical (unpaired) electrons. The summed E-state index contributed by atoms with van der Waals surface area (Å²) in [4.78, 5) is 16.5. The summed E-state index contributed by atoms with van der Waals surface area (Å²) in [5.41, 5.74) is 0.342. The minimum atomic E-state index is -4.52. The number of alkyl halides is 3. The summed E-state index contributed by atoms with van der Waals surface area (Å²) >= 11 is 0. The Labute approximate surface area is 140 Å². The molecule has 5 nitrogen and oxygen atoms in total. The number of pyridine rings is 1. The quantitative estimate of drug-likeness (QED) is 0.662. The van der Waals surface area contributed by atoms with Gasteiger partial charge in [0.2, 0.25) is 0 Å². The highest BCUT2D eigenvalue weighted by Gasteiger charge is 2.33. The SMILES string of the molecule is Cc1cc(C(=O)OCc2ccccc2C(F)(F)F)c2c(C)noc2n1. The lowest BCUT2D eigenvalue weighted by atomic mass is 10.1. The van der Waals surface area contributed by atoms with E-state index in [4.69, 9.17) is 9.26 Å². The van der Waals surface area contributed by atoms with Gasteiger partial charge >= 0.3 is 12.1 Å². The zero-order valence-corrected chi connectivity index (χ0v) is 13.3. The standard InChI is InChI=1S/C17H13F3N2O3/c1-9-7-12(14-10(2)22-25-15(14)21-9)16(23)24-8-11-5-3-4-6-13(11)17(18,19)20/h3-7H,8H2,1-2H3. The minimum absolute atomic E-state index is 0.118. The van der Waals surface area contributed by atoms with E-state index >= 15 is 0 Å². The zero-order chi connectivity index (χ0) is 18.2. The topological polar surface area (TPSA) is 65.2 Å². The second kappa shape index (κ2) is 6.19. The van der Waals surface area contributed by atoms with Crippen LogP contribution in [0, 0.1) is 13.8 Å². The summed E-state index contributed by atoms with van der Waals surface area (Å²) in [7, 11) is 0. The van der Waals surface area contributed by atoms with Crippen molar-refractivity contribution in [2.45, 2.75) is 26.6 Å². The maximum atomic E-state index is 13.0. The van der Waals surface area contributed by atoms with Gasteiger partial charge in [0.05, 0.1) is 22.2 Å². The van der Waals surface area contributed by atoms with Gasteiger partial charge < -0.3 is 9.26 Å². The van der Waals surface area contributed by atoms with Crippen LogP contribution in [0.4, 0.5) is 13.2 Å². The third kappa shape index (κ3) is 3.33. The normalized spacial score (nSPS) is 11.7. The second-order valence-electron chi connectivity index (χ2n) is 5.49. The van der Waals surface area contributed by atoms with Gasteiger partial charge in [-0.1, -0.05) is 23.4 Å². The minimum Gasteiger partial charge on any atom is -0.457 e. The Kier molecular flexibility index (Phi) is 4.20. The molecular formula is C17H13F3N2O3. The van der Waals surface area contributed by atoms with Crippen molar-refractivity contribution in [1.29, 1.82) is 0 Å². The molecular weight excluding hydrogens is 337 g/mol. The predicted octanol–water partition coefficient (Wildman–Crippen LogP) is 4.22. The van der Waals surface area contributed by atoms with Gasteiger partial charge in [-0.25, -0.2) is 9.78 Å². The fourth-order valence-electron chi connectivity index (χ4n) is 2.52. The molecule has 0 N–H and O–H groups in total. The third-order valence-corrected chi connectivity index (χ3v) is 3.65. The van der Waals surface area contributed by atoms with Crippen molar-refractivity contribution < 1.29 is 27.2 Å².